The molecule has 8 nitrogen and oxygen atoms in total. The Labute approximate surface area is 107 Å². The van der Waals surface area contributed by atoms with Crippen LogP contribution in [0.1, 0.15) is 11.1 Å². The van der Waals surface area contributed by atoms with Gasteiger partial charge < -0.3 is 10.9 Å². The van der Waals surface area contributed by atoms with Crippen molar-refractivity contribution in [1.82, 2.24) is 9.78 Å². The molecule has 0 unspecified atom stereocenters. The van der Waals surface area contributed by atoms with Crippen molar-refractivity contribution in [2.75, 3.05) is 0 Å². The maximum Gasteiger partial charge on any atom is 0.307 e. The minimum Gasteiger partial charge on any atom is -0.409 e. The minimum absolute atomic E-state index is 0.00972. The topological polar surface area (TPSA) is 120 Å². The third-order valence-corrected chi connectivity index (χ3v) is 2.64. The number of amidine groups is 1. The molecule has 0 bridgehead atoms. The first-order valence-corrected chi connectivity index (χ1v) is 5.31. The Morgan fingerprint density at radius 2 is 2.32 bits per heavy atom. The molecule has 2 aromatic rings. The third kappa shape index (κ3) is 2.37. The Morgan fingerprint density at radius 3 is 2.84 bits per heavy atom. The number of aryl methyl sites for hydroxylation is 1. The number of hydrogen-bond donors (Lipinski definition) is 2. The van der Waals surface area contributed by atoms with Gasteiger partial charge in [0.2, 0.25) is 0 Å². The number of rotatable bonds is 3. The average Bonchev–Trinajstić information content (AvgIpc) is 2.87. The summed E-state index contributed by atoms with van der Waals surface area (Å²) in [5.41, 5.74) is 7.44. The van der Waals surface area contributed by atoms with Crippen molar-refractivity contribution in [3.05, 3.63) is 51.8 Å². The van der Waals surface area contributed by atoms with Gasteiger partial charge in [-0.05, 0) is 30.7 Å². The van der Waals surface area contributed by atoms with Crippen molar-refractivity contribution in [2.45, 2.75) is 6.92 Å². The smallest absolute Gasteiger partial charge is 0.307 e. The van der Waals surface area contributed by atoms with Crippen LogP contribution in [0.15, 0.2) is 35.7 Å². The van der Waals surface area contributed by atoms with Crippen LogP contribution in [-0.4, -0.2) is 25.7 Å². The highest BCUT2D eigenvalue weighted by atomic mass is 16.6. The number of benzene rings is 1. The summed E-state index contributed by atoms with van der Waals surface area (Å²) in [5, 5.41) is 26.1. The van der Waals surface area contributed by atoms with Crippen LogP contribution in [0.2, 0.25) is 0 Å². The predicted molar refractivity (Wildman–Crippen MR) is 67.5 cm³/mol. The summed E-state index contributed by atoms with van der Waals surface area (Å²) in [6.07, 6.45) is 2.49. The lowest BCUT2D eigenvalue weighted by molar-refractivity contribution is -0.384. The van der Waals surface area contributed by atoms with Crippen molar-refractivity contribution in [1.29, 1.82) is 0 Å². The lowest BCUT2D eigenvalue weighted by atomic mass is 10.1. The molecule has 0 saturated carbocycles. The minimum atomic E-state index is -0.513. The van der Waals surface area contributed by atoms with Gasteiger partial charge in [0.25, 0.3) is 0 Å². The van der Waals surface area contributed by atoms with E-state index < -0.39 is 4.92 Å². The van der Waals surface area contributed by atoms with E-state index >= 15 is 0 Å². The molecule has 1 heterocycles. The first-order valence-electron chi connectivity index (χ1n) is 5.31. The fourth-order valence-electron chi connectivity index (χ4n) is 1.68. The molecule has 0 aliphatic carbocycles. The van der Waals surface area contributed by atoms with E-state index in [0.29, 0.717) is 11.3 Å². The van der Waals surface area contributed by atoms with Crippen LogP contribution >= 0.6 is 0 Å². The van der Waals surface area contributed by atoms with Gasteiger partial charge in [0, 0.05) is 5.56 Å². The van der Waals surface area contributed by atoms with Crippen LogP contribution in [0.25, 0.3) is 5.69 Å². The number of aromatic nitrogens is 2. The molecule has 8 heteroatoms. The van der Waals surface area contributed by atoms with Gasteiger partial charge in [-0.3, -0.25) is 10.1 Å². The second-order valence-electron chi connectivity index (χ2n) is 3.88. The second-order valence-corrected chi connectivity index (χ2v) is 3.88. The van der Waals surface area contributed by atoms with Gasteiger partial charge in [-0.15, -0.1) is 0 Å². The van der Waals surface area contributed by atoms with E-state index in [0.717, 1.165) is 5.56 Å². The molecule has 1 aromatic heterocycles. The zero-order chi connectivity index (χ0) is 14.0. The molecular weight excluding hydrogens is 250 g/mol. The molecule has 0 saturated heterocycles. The Balaban J connectivity index is 2.41. The van der Waals surface area contributed by atoms with Crippen LogP contribution in [-0.2, 0) is 0 Å². The molecule has 0 aliphatic rings. The van der Waals surface area contributed by atoms with Gasteiger partial charge in [0.1, 0.15) is 12.4 Å². The predicted octanol–water partition coefficient (Wildman–Crippen LogP) is 1.18. The van der Waals surface area contributed by atoms with Crippen molar-refractivity contribution in [3.63, 3.8) is 0 Å². The van der Waals surface area contributed by atoms with Crippen LogP contribution in [0.5, 0.6) is 0 Å². The summed E-state index contributed by atoms with van der Waals surface area (Å²) in [7, 11) is 0. The molecule has 0 atom stereocenters. The Hall–Kier alpha value is -2.90. The lowest BCUT2D eigenvalue weighted by Gasteiger charge is -2.06. The maximum absolute atomic E-state index is 10.6. The molecule has 3 N–H and O–H groups in total. The Morgan fingerprint density at radius 1 is 1.58 bits per heavy atom. The monoisotopic (exact) mass is 261 g/mol. The van der Waals surface area contributed by atoms with Crippen molar-refractivity contribution < 1.29 is 10.1 Å². The van der Waals surface area contributed by atoms with Crippen molar-refractivity contribution in [2.24, 2.45) is 10.9 Å². The SMILES string of the molecule is Cc1cc(-n2cc([N+](=O)[O-])cn2)ccc1/C(N)=N/O. The summed E-state index contributed by atoms with van der Waals surface area (Å²) < 4.78 is 1.39. The first kappa shape index (κ1) is 12.6. The molecule has 1 aromatic carbocycles. The Bertz CT molecular complexity index is 662. The molecular formula is C11H11N5O3. The molecule has 0 spiro atoms. The molecule has 0 amide bonds. The molecule has 19 heavy (non-hydrogen) atoms. The van der Waals surface area contributed by atoms with Crippen molar-refractivity contribution >= 4 is 11.5 Å². The normalized spacial score (nSPS) is 11.5. The van der Waals surface area contributed by atoms with Crippen LogP contribution in [0, 0.1) is 17.0 Å². The van der Waals surface area contributed by atoms with E-state index in [1.54, 1.807) is 25.1 Å². The fourth-order valence-corrected chi connectivity index (χ4v) is 1.68. The van der Waals surface area contributed by atoms with Crippen molar-refractivity contribution in [3.8, 4) is 5.69 Å². The molecule has 0 fully saturated rings. The van der Waals surface area contributed by atoms with E-state index in [1.807, 2.05) is 0 Å². The molecule has 0 aliphatic heterocycles. The van der Waals surface area contributed by atoms with E-state index in [9.17, 15) is 10.1 Å². The van der Waals surface area contributed by atoms with E-state index in [1.165, 1.54) is 17.1 Å². The highest BCUT2D eigenvalue weighted by Crippen LogP contribution is 2.17. The van der Waals surface area contributed by atoms with Gasteiger partial charge >= 0.3 is 5.69 Å². The summed E-state index contributed by atoms with van der Waals surface area (Å²) in [6.45, 7) is 1.79. The molecule has 98 valence electrons. The summed E-state index contributed by atoms with van der Waals surface area (Å²) in [4.78, 5) is 10.1. The highest BCUT2D eigenvalue weighted by Gasteiger charge is 2.11. The van der Waals surface area contributed by atoms with Gasteiger partial charge in [-0.25, -0.2) is 4.68 Å². The van der Waals surface area contributed by atoms with Gasteiger partial charge in [-0.2, -0.15) is 5.10 Å². The zero-order valence-electron chi connectivity index (χ0n) is 10.0. The number of nitro groups is 1. The highest BCUT2D eigenvalue weighted by molar-refractivity contribution is 5.98. The molecule has 2 rings (SSSR count). The van der Waals surface area contributed by atoms with Gasteiger partial charge in [0.05, 0.1) is 10.6 Å². The summed E-state index contributed by atoms with van der Waals surface area (Å²) >= 11 is 0. The number of nitrogens with two attached hydrogens (primary N) is 1. The summed E-state index contributed by atoms with van der Waals surface area (Å²) in [5.74, 6) is 0.00972. The number of nitrogens with zero attached hydrogens (tertiary/aromatic N) is 4. The largest absolute Gasteiger partial charge is 0.409 e. The zero-order valence-corrected chi connectivity index (χ0v) is 10.0. The van der Waals surface area contributed by atoms with Crippen LogP contribution < -0.4 is 5.73 Å². The van der Waals surface area contributed by atoms with Crippen LogP contribution in [0.4, 0.5) is 5.69 Å². The van der Waals surface area contributed by atoms with E-state index in [2.05, 4.69) is 10.3 Å². The quantitative estimate of drug-likeness (QED) is 0.282. The van der Waals surface area contributed by atoms with E-state index in [4.69, 9.17) is 10.9 Å². The molecule has 0 radical (unpaired) electrons. The summed E-state index contributed by atoms with van der Waals surface area (Å²) in [6, 6.07) is 5.08. The number of hydrogen-bond acceptors (Lipinski definition) is 5. The standard InChI is InChI=1S/C11H11N5O3/c1-7-4-8(2-3-10(7)11(12)14-17)15-6-9(5-13-15)16(18)19/h2-6,17H,1H3,(H2,12,14). The maximum atomic E-state index is 10.6. The van der Waals surface area contributed by atoms with Gasteiger partial charge in [0.15, 0.2) is 5.84 Å². The fraction of sp³-hybridized carbons (Fsp3) is 0.0909. The Kier molecular flexibility index (Phi) is 3.15. The second kappa shape index (κ2) is 4.77. The van der Waals surface area contributed by atoms with Crippen LogP contribution in [0.3, 0.4) is 0 Å². The lowest BCUT2D eigenvalue weighted by Crippen LogP contribution is -2.14. The third-order valence-electron chi connectivity index (χ3n) is 2.64. The first-order chi connectivity index (χ1) is 9.02. The average molecular weight is 261 g/mol. The van der Waals surface area contributed by atoms with E-state index in [-0.39, 0.29) is 11.5 Å². The van der Waals surface area contributed by atoms with Gasteiger partial charge in [-0.1, -0.05) is 5.16 Å². The number of oxime groups is 1.